The highest BCUT2D eigenvalue weighted by Gasteiger charge is 2.16. The topological polar surface area (TPSA) is 29.1 Å². The van der Waals surface area contributed by atoms with Gasteiger partial charge in [-0.1, -0.05) is 24.4 Å². The quantitative estimate of drug-likeness (QED) is 0.664. The maximum Gasteiger partial charge on any atom is 0.200 e. The van der Waals surface area contributed by atoms with Crippen LogP contribution in [0.5, 0.6) is 0 Å². The average Bonchev–Trinajstić information content (AvgIpc) is 2.20. The second kappa shape index (κ2) is 3.47. The molecule has 0 radical (unpaired) electrons. The Kier molecular flexibility index (Phi) is 2.33. The number of carbonyl (C=O) groups excluding carboxylic acids is 1. The van der Waals surface area contributed by atoms with Crippen LogP contribution in [0.25, 0.3) is 0 Å². The minimum absolute atomic E-state index is 0.0995. The first-order valence-electron chi connectivity index (χ1n) is 3.85. The molecule has 1 heterocycles. The number of carbonyl (C=O) groups is 1. The van der Waals surface area contributed by atoms with E-state index in [9.17, 15) is 4.79 Å². The van der Waals surface area contributed by atoms with Crippen molar-refractivity contribution in [3.63, 3.8) is 0 Å². The fourth-order valence-corrected chi connectivity index (χ4v) is 2.31. The summed E-state index contributed by atoms with van der Waals surface area (Å²) in [6.45, 7) is 0. The molecular weight excluding hydrogens is 202 g/mol. The standard InChI is InChI=1S/C9H7NOS2/c11-9-5-8(12)10-6-3-1-2-4-7(6)13-9/h1-4H,5H2,(H,10,12). The Labute approximate surface area is 85.7 Å². The third-order valence-electron chi connectivity index (χ3n) is 1.69. The molecule has 0 saturated heterocycles. The van der Waals surface area contributed by atoms with Crippen molar-refractivity contribution in [3.8, 4) is 0 Å². The van der Waals surface area contributed by atoms with Crippen LogP contribution in [-0.4, -0.2) is 10.1 Å². The van der Waals surface area contributed by atoms with E-state index >= 15 is 0 Å². The highest BCUT2D eigenvalue weighted by Crippen LogP contribution is 2.31. The van der Waals surface area contributed by atoms with Gasteiger partial charge in [0, 0.05) is 4.90 Å². The van der Waals surface area contributed by atoms with Crippen LogP contribution in [0.3, 0.4) is 0 Å². The minimum Gasteiger partial charge on any atom is -0.349 e. The SMILES string of the molecule is O=C1CC(=S)Nc2ccccc2S1. The first-order valence-corrected chi connectivity index (χ1v) is 5.08. The largest absolute Gasteiger partial charge is 0.349 e. The predicted octanol–water partition coefficient (Wildman–Crippen LogP) is 2.45. The van der Waals surface area contributed by atoms with Gasteiger partial charge >= 0.3 is 0 Å². The molecule has 1 N–H and O–H groups in total. The smallest absolute Gasteiger partial charge is 0.200 e. The molecule has 2 nitrogen and oxygen atoms in total. The van der Waals surface area contributed by atoms with Crippen LogP contribution in [0, 0.1) is 0 Å². The lowest BCUT2D eigenvalue weighted by atomic mass is 10.3. The number of para-hydroxylation sites is 1. The molecule has 66 valence electrons. The van der Waals surface area contributed by atoms with E-state index in [4.69, 9.17) is 12.2 Å². The second-order valence-electron chi connectivity index (χ2n) is 2.70. The maximum absolute atomic E-state index is 11.3. The fourth-order valence-electron chi connectivity index (χ4n) is 1.14. The first kappa shape index (κ1) is 8.72. The summed E-state index contributed by atoms with van der Waals surface area (Å²) in [5, 5.41) is 3.14. The summed E-state index contributed by atoms with van der Waals surface area (Å²) in [5.41, 5.74) is 0.934. The Balaban J connectivity index is 2.43. The minimum atomic E-state index is 0.0995. The molecule has 2 rings (SSSR count). The number of thiocarbonyl (C=S) groups is 1. The van der Waals surface area contributed by atoms with Gasteiger partial charge in [0.1, 0.15) is 0 Å². The summed E-state index contributed by atoms with van der Waals surface area (Å²) in [5.74, 6) is 0. The first-order chi connectivity index (χ1) is 6.25. The van der Waals surface area contributed by atoms with Gasteiger partial charge in [0.15, 0.2) is 0 Å². The number of fused-ring (bicyclic) bond motifs is 1. The molecule has 0 amide bonds. The van der Waals surface area contributed by atoms with E-state index in [2.05, 4.69) is 5.32 Å². The molecule has 0 unspecified atom stereocenters. The lowest BCUT2D eigenvalue weighted by molar-refractivity contribution is -0.109. The molecule has 4 heteroatoms. The molecule has 0 aromatic heterocycles. The highest BCUT2D eigenvalue weighted by atomic mass is 32.2. The number of hydrogen-bond acceptors (Lipinski definition) is 3. The van der Waals surface area contributed by atoms with E-state index in [1.165, 1.54) is 11.8 Å². The molecule has 0 bridgehead atoms. The van der Waals surface area contributed by atoms with Crippen molar-refractivity contribution < 1.29 is 4.79 Å². The van der Waals surface area contributed by atoms with Gasteiger partial charge in [-0.3, -0.25) is 4.79 Å². The van der Waals surface area contributed by atoms with Crippen molar-refractivity contribution in [2.75, 3.05) is 5.32 Å². The van der Waals surface area contributed by atoms with Gasteiger partial charge in [0.05, 0.1) is 17.1 Å². The lowest BCUT2D eigenvalue weighted by Gasteiger charge is -2.04. The van der Waals surface area contributed by atoms with Crippen LogP contribution in [-0.2, 0) is 4.79 Å². The van der Waals surface area contributed by atoms with Crippen LogP contribution >= 0.6 is 24.0 Å². The Bertz CT molecular complexity index is 341. The van der Waals surface area contributed by atoms with Gasteiger partial charge in [0.25, 0.3) is 0 Å². The normalized spacial score (nSPS) is 16.0. The molecule has 0 aliphatic carbocycles. The zero-order valence-corrected chi connectivity index (χ0v) is 8.37. The zero-order chi connectivity index (χ0) is 9.26. The predicted molar refractivity (Wildman–Crippen MR) is 58.1 cm³/mol. The molecular formula is C9H7NOS2. The van der Waals surface area contributed by atoms with Crippen molar-refractivity contribution in [2.24, 2.45) is 0 Å². The molecule has 13 heavy (non-hydrogen) atoms. The van der Waals surface area contributed by atoms with Crippen LogP contribution < -0.4 is 5.32 Å². The molecule has 1 aromatic rings. The van der Waals surface area contributed by atoms with Crippen molar-refractivity contribution >= 4 is 39.8 Å². The van der Waals surface area contributed by atoms with Crippen LogP contribution in [0.1, 0.15) is 6.42 Å². The summed E-state index contributed by atoms with van der Waals surface area (Å²) in [4.78, 5) is 12.8. The second-order valence-corrected chi connectivity index (χ2v) is 4.29. The number of hydrogen-bond donors (Lipinski definition) is 1. The Morgan fingerprint density at radius 1 is 1.38 bits per heavy atom. The third-order valence-corrected chi connectivity index (χ3v) is 2.88. The van der Waals surface area contributed by atoms with E-state index in [0.29, 0.717) is 11.4 Å². The van der Waals surface area contributed by atoms with Gasteiger partial charge in [-0.2, -0.15) is 0 Å². The zero-order valence-electron chi connectivity index (χ0n) is 6.74. The Morgan fingerprint density at radius 2 is 2.15 bits per heavy atom. The van der Waals surface area contributed by atoms with Crippen molar-refractivity contribution in [3.05, 3.63) is 24.3 Å². The Morgan fingerprint density at radius 3 is 3.00 bits per heavy atom. The van der Waals surface area contributed by atoms with Gasteiger partial charge in [-0.25, -0.2) is 0 Å². The van der Waals surface area contributed by atoms with E-state index in [0.717, 1.165) is 10.6 Å². The van der Waals surface area contributed by atoms with Gasteiger partial charge in [-0.15, -0.1) is 0 Å². The van der Waals surface area contributed by atoms with Gasteiger partial charge in [-0.05, 0) is 23.9 Å². The lowest BCUT2D eigenvalue weighted by Crippen LogP contribution is -2.09. The average molecular weight is 209 g/mol. The van der Waals surface area contributed by atoms with Crippen molar-refractivity contribution in [1.82, 2.24) is 0 Å². The van der Waals surface area contributed by atoms with E-state index in [-0.39, 0.29) is 5.12 Å². The van der Waals surface area contributed by atoms with Crippen molar-refractivity contribution in [1.29, 1.82) is 0 Å². The number of anilines is 1. The monoisotopic (exact) mass is 209 g/mol. The Hall–Kier alpha value is -0.870. The summed E-state index contributed by atoms with van der Waals surface area (Å²) < 4.78 is 0. The van der Waals surface area contributed by atoms with Gasteiger partial charge < -0.3 is 5.32 Å². The number of benzene rings is 1. The van der Waals surface area contributed by atoms with E-state index in [1.54, 1.807) is 0 Å². The van der Waals surface area contributed by atoms with Crippen LogP contribution in [0.2, 0.25) is 0 Å². The molecule has 1 aromatic carbocycles. The van der Waals surface area contributed by atoms with E-state index in [1.807, 2.05) is 24.3 Å². The summed E-state index contributed by atoms with van der Waals surface area (Å²) >= 11 is 6.25. The molecule has 0 spiro atoms. The molecule has 0 saturated carbocycles. The maximum atomic E-state index is 11.3. The third kappa shape index (κ3) is 1.89. The highest BCUT2D eigenvalue weighted by molar-refractivity contribution is 8.14. The number of thioether (sulfide) groups is 1. The molecule has 0 atom stereocenters. The van der Waals surface area contributed by atoms with Crippen LogP contribution in [0.15, 0.2) is 29.2 Å². The molecule has 1 aliphatic heterocycles. The van der Waals surface area contributed by atoms with Crippen molar-refractivity contribution in [2.45, 2.75) is 11.3 Å². The summed E-state index contributed by atoms with van der Waals surface area (Å²) in [6, 6.07) is 7.67. The van der Waals surface area contributed by atoms with Gasteiger partial charge in [0.2, 0.25) is 5.12 Å². The molecule has 1 aliphatic rings. The molecule has 0 fully saturated rings. The summed E-state index contributed by atoms with van der Waals surface area (Å²) in [6.07, 6.45) is 0.328. The fraction of sp³-hybridized carbons (Fsp3) is 0.111. The van der Waals surface area contributed by atoms with Crippen LogP contribution in [0.4, 0.5) is 5.69 Å². The van der Waals surface area contributed by atoms with E-state index < -0.39 is 0 Å². The summed E-state index contributed by atoms with van der Waals surface area (Å²) in [7, 11) is 0. The number of nitrogens with one attached hydrogen (secondary N) is 1. The number of rotatable bonds is 0.